The van der Waals surface area contributed by atoms with Gasteiger partial charge in [0.05, 0.1) is 28.1 Å². The van der Waals surface area contributed by atoms with Crippen LogP contribution in [-0.4, -0.2) is 19.9 Å². The number of aryl methyl sites for hydroxylation is 1. The molecular weight excluding hydrogens is 621 g/mol. The molecule has 0 aliphatic rings. The van der Waals surface area contributed by atoms with Gasteiger partial charge in [-0.1, -0.05) is 158 Å². The van der Waals surface area contributed by atoms with Crippen LogP contribution in [0.3, 0.4) is 0 Å². The van der Waals surface area contributed by atoms with Gasteiger partial charge in [0.15, 0.2) is 5.82 Å². The second-order valence-corrected chi connectivity index (χ2v) is 12.8. The van der Waals surface area contributed by atoms with E-state index in [-0.39, 0.29) is 0 Å². The lowest BCUT2D eigenvalue weighted by atomic mass is 9.96. The molecule has 0 aliphatic heterocycles. The minimum absolute atomic E-state index is 0.704. The molecule has 4 nitrogen and oxygen atoms in total. The Balaban J connectivity index is 1.05. The highest BCUT2D eigenvalue weighted by Crippen LogP contribution is 2.35. The molecule has 0 fully saturated rings. The lowest BCUT2D eigenvalue weighted by Crippen LogP contribution is -1.96. The van der Waals surface area contributed by atoms with E-state index in [4.69, 9.17) is 19.9 Å². The van der Waals surface area contributed by atoms with Crippen LogP contribution < -0.4 is 0 Å². The fourth-order valence-electron chi connectivity index (χ4n) is 6.75. The van der Waals surface area contributed by atoms with Gasteiger partial charge in [-0.15, -0.1) is 0 Å². The topological polar surface area (TPSA) is 51.6 Å². The van der Waals surface area contributed by atoms with Crippen molar-refractivity contribution in [1.82, 2.24) is 19.9 Å². The molecule has 0 saturated heterocycles. The smallest absolute Gasteiger partial charge is 0.160 e. The summed E-state index contributed by atoms with van der Waals surface area (Å²) < 4.78 is 0. The summed E-state index contributed by atoms with van der Waals surface area (Å²) in [5.74, 6) is 0.704. The van der Waals surface area contributed by atoms with Gasteiger partial charge in [0.25, 0.3) is 0 Å². The molecule has 9 rings (SSSR count). The highest BCUT2D eigenvalue weighted by atomic mass is 14.9. The predicted molar refractivity (Wildman–Crippen MR) is 210 cm³/mol. The summed E-state index contributed by atoms with van der Waals surface area (Å²) in [6.45, 7) is 2.06. The van der Waals surface area contributed by atoms with E-state index in [0.717, 1.165) is 89.1 Å². The Labute approximate surface area is 296 Å². The van der Waals surface area contributed by atoms with Crippen LogP contribution >= 0.6 is 0 Å². The zero-order valence-corrected chi connectivity index (χ0v) is 28.0. The molecule has 51 heavy (non-hydrogen) atoms. The SMILES string of the molecule is Cc1cc(-c2ccc(-c3ccc(-c4nc(-c5ccccc5)cc(-c5ccccc5)n4)cc3)cc2)c2ccc3ccc(-c4ccccc4)nc3c2n1. The molecule has 4 heteroatoms. The van der Waals surface area contributed by atoms with Crippen molar-refractivity contribution >= 4 is 21.8 Å². The van der Waals surface area contributed by atoms with Gasteiger partial charge in [-0.25, -0.2) is 15.0 Å². The van der Waals surface area contributed by atoms with Crippen molar-refractivity contribution in [3.63, 3.8) is 0 Å². The molecule has 0 saturated carbocycles. The lowest BCUT2D eigenvalue weighted by molar-refractivity contribution is 1.18. The standard InChI is InChI=1S/C47H32N4/c1-31-29-41(40-27-25-38-26-28-42(35-11-5-2-6-12-35)49-45(38)46(40)48-31)34-21-17-32(18-22-34)33-19-23-39(24-20-33)47-50-43(36-13-7-3-8-14-36)30-44(51-47)37-15-9-4-10-16-37/h2-30H,1H3. The van der Waals surface area contributed by atoms with Crippen LogP contribution in [0.15, 0.2) is 176 Å². The van der Waals surface area contributed by atoms with Gasteiger partial charge in [0.2, 0.25) is 0 Å². The van der Waals surface area contributed by atoms with Crippen LogP contribution in [0.2, 0.25) is 0 Å². The quantitative estimate of drug-likeness (QED) is 0.168. The van der Waals surface area contributed by atoms with Crippen molar-refractivity contribution in [2.75, 3.05) is 0 Å². The van der Waals surface area contributed by atoms with Crippen LogP contribution in [-0.2, 0) is 0 Å². The zero-order valence-electron chi connectivity index (χ0n) is 28.0. The minimum atomic E-state index is 0.704. The van der Waals surface area contributed by atoms with Gasteiger partial charge in [0, 0.05) is 38.7 Å². The first kappa shape index (κ1) is 30.3. The summed E-state index contributed by atoms with van der Waals surface area (Å²) in [5, 5.41) is 2.18. The number of hydrogen-bond donors (Lipinski definition) is 0. The Morgan fingerprint density at radius 1 is 0.333 bits per heavy atom. The molecule has 0 N–H and O–H groups in total. The van der Waals surface area contributed by atoms with Crippen LogP contribution in [0.25, 0.3) is 89.2 Å². The third-order valence-electron chi connectivity index (χ3n) is 9.37. The Morgan fingerprint density at radius 2 is 0.824 bits per heavy atom. The molecule has 0 amide bonds. The highest BCUT2D eigenvalue weighted by molar-refractivity contribution is 6.08. The van der Waals surface area contributed by atoms with E-state index in [1.807, 2.05) is 54.6 Å². The van der Waals surface area contributed by atoms with Gasteiger partial charge >= 0.3 is 0 Å². The van der Waals surface area contributed by atoms with Gasteiger partial charge in [0.1, 0.15) is 0 Å². The fraction of sp³-hybridized carbons (Fsp3) is 0.0213. The van der Waals surface area contributed by atoms with Gasteiger partial charge < -0.3 is 0 Å². The van der Waals surface area contributed by atoms with E-state index < -0.39 is 0 Å². The van der Waals surface area contributed by atoms with Gasteiger partial charge in [-0.3, -0.25) is 4.98 Å². The van der Waals surface area contributed by atoms with Crippen molar-refractivity contribution in [2.24, 2.45) is 0 Å². The number of fused-ring (bicyclic) bond motifs is 3. The summed E-state index contributed by atoms with van der Waals surface area (Å²) in [4.78, 5) is 20.1. The first-order valence-electron chi connectivity index (χ1n) is 17.1. The largest absolute Gasteiger partial charge is 0.251 e. The molecule has 0 spiro atoms. The van der Waals surface area contributed by atoms with Crippen LogP contribution in [0.1, 0.15) is 5.69 Å². The Bertz CT molecular complexity index is 2600. The summed E-state index contributed by atoms with van der Waals surface area (Å²) in [6.07, 6.45) is 0. The van der Waals surface area contributed by atoms with Crippen LogP contribution in [0, 0.1) is 6.92 Å². The van der Waals surface area contributed by atoms with Crippen LogP contribution in [0.5, 0.6) is 0 Å². The minimum Gasteiger partial charge on any atom is -0.251 e. The zero-order chi connectivity index (χ0) is 34.1. The fourth-order valence-corrected chi connectivity index (χ4v) is 6.75. The number of rotatable bonds is 6. The summed E-state index contributed by atoms with van der Waals surface area (Å²) in [6, 6.07) is 61.0. The number of benzene rings is 6. The average molecular weight is 653 g/mol. The summed E-state index contributed by atoms with van der Waals surface area (Å²) in [7, 11) is 0. The maximum Gasteiger partial charge on any atom is 0.160 e. The van der Waals surface area contributed by atoms with Gasteiger partial charge in [-0.05, 0) is 47.4 Å². The van der Waals surface area contributed by atoms with E-state index in [2.05, 4.69) is 128 Å². The Kier molecular flexibility index (Phi) is 7.67. The summed E-state index contributed by atoms with van der Waals surface area (Å²) >= 11 is 0. The molecule has 6 aromatic carbocycles. The van der Waals surface area contributed by atoms with E-state index >= 15 is 0 Å². The molecule has 0 unspecified atom stereocenters. The maximum atomic E-state index is 5.10. The average Bonchev–Trinajstić information content (AvgIpc) is 3.21. The Morgan fingerprint density at radius 3 is 1.39 bits per heavy atom. The monoisotopic (exact) mass is 652 g/mol. The molecule has 3 aromatic heterocycles. The molecule has 0 aliphatic carbocycles. The maximum absolute atomic E-state index is 5.10. The Hall–Kier alpha value is -6.78. The molecular formula is C47H32N4. The van der Waals surface area contributed by atoms with E-state index in [9.17, 15) is 0 Å². The normalized spacial score (nSPS) is 11.2. The number of hydrogen-bond acceptors (Lipinski definition) is 4. The molecule has 3 heterocycles. The number of aromatic nitrogens is 4. The van der Waals surface area contributed by atoms with Crippen LogP contribution in [0.4, 0.5) is 0 Å². The van der Waals surface area contributed by atoms with Crippen molar-refractivity contribution in [2.45, 2.75) is 6.92 Å². The highest BCUT2D eigenvalue weighted by Gasteiger charge is 2.14. The second-order valence-electron chi connectivity index (χ2n) is 12.8. The van der Waals surface area contributed by atoms with Crippen molar-refractivity contribution < 1.29 is 0 Å². The van der Waals surface area contributed by atoms with Crippen molar-refractivity contribution in [1.29, 1.82) is 0 Å². The number of pyridine rings is 2. The molecule has 240 valence electrons. The van der Waals surface area contributed by atoms with Crippen molar-refractivity contribution in [3.05, 3.63) is 182 Å². The third kappa shape index (κ3) is 5.94. The second kappa shape index (κ2) is 12.9. The first-order chi connectivity index (χ1) is 25.2. The van der Waals surface area contributed by atoms with Crippen molar-refractivity contribution in [3.8, 4) is 67.4 Å². The first-order valence-corrected chi connectivity index (χ1v) is 17.1. The van der Waals surface area contributed by atoms with E-state index in [1.54, 1.807) is 0 Å². The summed E-state index contributed by atoms with van der Waals surface area (Å²) in [5.41, 5.74) is 14.3. The molecule has 0 atom stereocenters. The molecule has 9 aromatic rings. The molecule has 0 bridgehead atoms. The van der Waals surface area contributed by atoms with Gasteiger partial charge in [-0.2, -0.15) is 0 Å². The van der Waals surface area contributed by atoms with E-state index in [1.165, 1.54) is 0 Å². The lowest BCUT2D eigenvalue weighted by Gasteiger charge is -2.12. The van der Waals surface area contributed by atoms with E-state index in [0.29, 0.717) is 5.82 Å². The predicted octanol–water partition coefficient (Wildman–Crippen LogP) is 11.9. The molecule has 0 radical (unpaired) electrons. The number of nitrogens with zero attached hydrogens (tertiary/aromatic N) is 4. The third-order valence-corrected chi connectivity index (χ3v) is 9.37.